The van der Waals surface area contributed by atoms with Crippen molar-refractivity contribution in [1.29, 1.82) is 0 Å². The fourth-order valence-corrected chi connectivity index (χ4v) is 8.13. The third-order valence-corrected chi connectivity index (χ3v) is 11.4. The Morgan fingerprint density at radius 3 is 0.719 bits per heavy atom. The van der Waals surface area contributed by atoms with E-state index in [1.54, 1.807) is 0 Å². The van der Waals surface area contributed by atoms with Gasteiger partial charge in [-0.2, -0.15) is 0 Å². The maximum atomic E-state index is 14.8. The first kappa shape index (κ1) is 45.2. The molecule has 0 saturated heterocycles. The lowest BCUT2D eigenvalue weighted by atomic mass is 9.77. The van der Waals surface area contributed by atoms with Crippen molar-refractivity contribution in [2.24, 2.45) is 0 Å². The summed E-state index contributed by atoms with van der Waals surface area (Å²) in [6, 6.07) is 11.5. The quantitative estimate of drug-likeness (QED) is 0.156. The summed E-state index contributed by atoms with van der Waals surface area (Å²) >= 11 is 0. The Hall–Kier alpha value is -4.53. The van der Waals surface area contributed by atoms with Gasteiger partial charge in [0.25, 0.3) is 0 Å². The Morgan fingerprint density at radius 2 is 0.544 bits per heavy atom. The minimum atomic E-state index is -0.947. The van der Waals surface area contributed by atoms with Gasteiger partial charge in [0.1, 0.15) is 17.2 Å². The van der Waals surface area contributed by atoms with Crippen molar-refractivity contribution in [1.82, 2.24) is 13.7 Å². The van der Waals surface area contributed by atoms with Crippen LogP contribution in [0.25, 0.3) is 0 Å². The van der Waals surface area contributed by atoms with Crippen LogP contribution in [0, 0.1) is 20.8 Å². The minimum Gasteiger partial charge on any atom is -0.507 e. The summed E-state index contributed by atoms with van der Waals surface area (Å²) in [6.45, 7) is 34.9. The number of phenolic OH excluding ortho intramolecular Hbond substituents is 3. The van der Waals surface area contributed by atoms with Crippen molar-refractivity contribution in [3.63, 3.8) is 0 Å². The molecule has 0 unspecified atom stereocenters. The van der Waals surface area contributed by atoms with Gasteiger partial charge in [0.15, 0.2) is 0 Å². The maximum absolute atomic E-state index is 14.8. The van der Waals surface area contributed by atoms with Crippen LogP contribution in [0.4, 0.5) is 0 Å². The first-order chi connectivity index (χ1) is 25.6. The summed E-state index contributed by atoms with van der Waals surface area (Å²) < 4.78 is 3.33. The van der Waals surface area contributed by atoms with Gasteiger partial charge >= 0.3 is 17.1 Å². The van der Waals surface area contributed by atoms with Crippen molar-refractivity contribution >= 4 is 0 Å². The second-order valence-corrected chi connectivity index (χ2v) is 21.6. The average Bonchev–Trinajstić information content (AvgIpc) is 3.04. The van der Waals surface area contributed by atoms with E-state index in [9.17, 15) is 29.7 Å². The van der Waals surface area contributed by atoms with E-state index in [1.165, 1.54) is 0 Å². The number of benzene rings is 3. The van der Waals surface area contributed by atoms with Gasteiger partial charge in [-0.15, -0.1) is 0 Å². The van der Waals surface area contributed by atoms with Gasteiger partial charge in [-0.25, -0.2) is 28.1 Å². The van der Waals surface area contributed by atoms with Crippen LogP contribution < -0.4 is 17.1 Å². The van der Waals surface area contributed by atoms with Crippen LogP contribution in [0.3, 0.4) is 0 Å². The van der Waals surface area contributed by atoms with Crippen LogP contribution in [0.5, 0.6) is 17.2 Å². The number of nitrogens with zero attached hydrogens (tertiary/aromatic N) is 3. The first-order valence-electron chi connectivity index (χ1n) is 20.1. The van der Waals surface area contributed by atoms with Crippen LogP contribution in [0.15, 0.2) is 50.8 Å². The summed E-state index contributed by atoms with van der Waals surface area (Å²) in [7, 11) is 0. The zero-order valence-electron chi connectivity index (χ0n) is 38.0. The second kappa shape index (κ2) is 14.7. The predicted octanol–water partition coefficient (Wildman–Crippen LogP) is 9.04. The minimum absolute atomic E-state index is 0.108. The van der Waals surface area contributed by atoms with Gasteiger partial charge < -0.3 is 15.3 Å². The van der Waals surface area contributed by atoms with Crippen molar-refractivity contribution in [3.05, 3.63) is 118 Å². The molecule has 0 atom stereocenters. The molecule has 312 valence electrons. The molecule has 4 aromatic rings. The summed E-state index contributed by atoms with van der Waals surface area (Å²) in [5, 5.41) is 35.1. The molecule has 3 N–H and O–H groups in total. The zero-order chi connectivity index (χ0) is 43.8. The number of hydrogen-bond acceptors (Lipinski definition) is 6. The highest BCUT2D eigenvalue weighted by atomic mass is 16.3. The predicted molar refractivity (Wildman–Crippen MR) is 233 cm³/mol. The third kappa shape index (κ3) is 8.97. The molecule has 9 nitrogen and oxygen atoms in total. The van der Waals surface area contributed by atoms with Gasteiger partial charge in [-0.1, -0.05) is 157 Å². The maximum Gasteiger partial charge on any atom is 0.336 e. The SMILES string of the molecule is Cc1cc(C(C)(C)C)c(O)c(C(C)(C)Cn2c(=O)n(CC(C)(C)c3cc(C)cc(C(C)(C)C)c3O)c(=O)n(CC(C)(C)c3cc(C)cc(C(C)(C)C)c3O)c2=O)c1. The Bertz CT molecular complexity index is 2090. The summed E-state index contributed by atoms with van der Waals surface area (Å²) in [5.74, 6) is 0.323. The molecule has 0 fully saturated rings. The van der Waals surface area contributed by atoms with E-state index in [1.807, 2.05) is 161 Å². The summed E-state index contributed by atoms with van der Waals surface area (Å²) in [5.41, 5.74) is 0.499. The van der Waals surface area contributed by atoms with Crippen molar-refractivity contribution in [2.45, 2.75) is 177 Å². The van der Waals surface area contributed by atoms with E-state index in [-0.39, 0.29) is 53.1 Å². The lowest BCUT2D eigenvalue weighted by Crippen LogP contribution is -2.58. The number of aromatic nitrogens is 3. The molecule has 4 rings (SSSR count). The lowest BCUT2D eigenvalue weighted by Gasteiger charge is -2.33. The highest BCUT2D eigenvalue weighted by Crippen LogP contribution is 2.43. The highest BCUT2D eigenvalue weighted by Gasteiger charge is 2.36. The molecule has 9 heteroatoms. The molecule has 0 aliphatic rings. The molecule has 3 aromatic carbocycles. The van der Waals surface area contributed by atoms with Gasteiger partial charge in [-0.05, 0) is 53.7 Å². The fourth-order valence-electron chi connectivity index (χ4n) is 8.13. The Balaban J connectivity index is 2.05. The average molecular weight is 784 g/mol. The largest absolute Gasteiger partial charge is 0.507 e. The molecule has 0 aliphatic heterocycles. The molecule has 0 saturated carbocycles. The van der Waals surface area contributed by atoms with E-state index in [4.69, 9.17) is 0 Å². The summed E-state index contributed by atoms with van der Waals surface area (Å²) in [4.78, 5) is 44.3. The van der Waals surface area contributed by atoms with Gasteiger partial charge in [0.2, 0.25) is 0 Å². The van der Waals surface area contributed by atoms with Gasteiger partial charge in [0.05, 0.1) is 0 Å². The molecular formula is C48H69N3O6. The highest BCUT2D eigenvalue weighted by molar-refractivity contribution is 5.52. The van der Waals surface area contributed by atoms with E-state index in [0.717, 1.165) is 47.1 Å². The smallest absolute Gasteiger partial charge is 0.336 e. The standard InChI is InChI=1S/C48H69N3O6/c1-28-19-31(43(4,5)6)37(52)34(22-28)46(13,14)25-49-40(55)50(26-47(15,16)35-23-29(2)20-32(38(35)53)44(7,8)9)42(57)51(41(49)56)27-48(17,18)36-24-30(3)21-33(39(36)54)45(10,11)12/h19-24,52-54H,25-27H2,1-18H3. The number of rotatable bonds is 9. The number of aryl methyl sites for hydroxylation is 3. The molecule has 1 aromatic heterocycles. The molecule has 57 heavy (non-hydrogen) atoms. The Kier molecular flexibility index (Phi) is 11.6. The topological polar surface area (TPSA) is 127 Å². The third-order valence-electron chi connectivity index (χ3n) is 11.4. The van der Waals surface area contributed by atoms with E-state index >= 15 is 0 Å². The van der Waals surface area contributed by atoms with E-state index in [0.29, 0.717) is 16.7 Å². The molecule has 0 bridgehead atoms. The molecule has 0 radical (unpaired) electrons. The van der Waals surface area contributed by atoms with E-state index < -0.39 is 33.3 Å². The Morgan fingerprint density at radius 1 is 0.368 bits per heavy atom. The normalized spacial score (nSPS) is 13.4. The second-order valence-electron chi connectivity index (χ2n) is 21.6. The number of phenols is 3. The van der Waals surface area contributed by atoms with Crippen molar-refractivity contribution in [2.75, 3.05) is 0 Å². The number of hydrogen-bond donors (Lipinski definition) is 3. The lowest BCUT2D eigenvalue weighted by molar-refractivity contribution is 0.308. The fraction of sp³-hybridized carbons (Fsp3) is 0.562. The molecule has 0 aliphatic carbocycles. The molecule has 0 spiro atoms. The molecule has 0 amide bonds. The van der Waals surface area contributed by atoms with Crippen LogP contribution in [-0.2, 0) is 52.1 Å². The van der Waals surface area contributed by atoms with Crippen molar-refractivity contribution < 1.29 is 15.3 Å². The van der Waals surface area contributed by atoms with Crippen LogP contribution in [0.1, 0.15) is 154 Å². The molecule has 1 heterocycles. The van der Waals surface area contributed by atoms with Crippen molar-refractivity contribution in [3.8, 4) is 17.2 Å². The van der Waals surface area contributed by atoms with Crippen LogP contribution in [-0.4, -0.2) is 29.0 Å². The van der Waals surface area contributed by atoms with Gasteiger partial charge in [0, 0.05) is 52.6 Å². The Labute approximate surface area is 340 Å². The van der Waals surface area contributed by atoms with Gasteiger partial charge in [-0.3, -0.25) is 0 Å². The zero-order valence-corrected chi connectivity index (χ0v) is 38.0. The van der Waals surface area contributed by atoms with Crippen LogP contribution in [0.2, 0.25) is 0 Å². The first-order valence-corrected chi connectivity index (χ1v) is 20.1. The van der Waals surface area contributed by atoms with E-state index in [2.05, 4.69) is 0 Å². The summed E-state index contributed by atoms with van der Waals surface area (Å²) in [6.07, 6.45) is 0. The van der Waals surface area contributed by atoms with Crippen LogP contribution >= 0.6 is 0 Å². The number of aromatic hydroxyl groups is 3. The monoisotopic (exact) mass is 784 g/mol. The molecular weight excluding hydrogens is 715 g/mol.